The molecule has 8 nitrogen and oxygen atoms in total. The first-order valence-corrected chi connectivity index (χ1v) is 11.6. The van der Waals surface area contributed by atoms with Gasteiger partial charge in [-0.2, -0.15) is 15.2 Å². The molecule has 2 aromatic heterocycles. The van der Waals surface area contributed by atoms with Crippen LogP contribution in [0.25, 0.3) is 0 Å². The fourth-order valence-corrected chi connectivity index (χ4v) is 5.26. The summed E-state index contributed by atoms with van der Waals surface area (Å²) in [5, 5.41) is 12.7. The number of hydrogen-bond donors (Lipinski definition) is 0. The van der Waals surface area contributed by atoms with Crippen LogP contribution in [0.5, 0.6) is 17.6 Å². The normalized spacial score (nSPS) is 21.9. The zero-order valence-corrected chi connectivity index (χ0v) is 19.4. The molecule has 1 saturated carbocycles. The Morgan fingerprint density at radius 3 is 2.67 bits per heavy atom. The van der Waals surface area contributed by atoms with E-state index in [1.165, 1.54) is 31.0 Å². The van der Waals surface area contributed by atoms with Crippen molar-refractivity contribution >= 4 is 17.3 Å². The van der Waals surface area contributed by atoms with Crippen LogP contribution in [0.3, 0.4) is 0 Å². The van der Waals surface area contributed by atoms with Gasteiger partial charge in [0.1, 0.15) is 11.6 Å². The maximum atomic E-state index is 13.5. The number of rotatable bonds is 7. The van der Waals surface area contributed by atoms with Crippen molar-refractivity contribution in [3.8, 4) is 17.6 Å². The molecule has 0 N–H and O–H groups in total. The Morgan fingerprint density at radius 1 is 1.18 bits per heavy atom. The SMILES string of the molecule is CCn1nc(CC2[C@@H]3CC[C@H]2CN(c2cnnc(OC)c2)C3)nc1Oc1ccc(F)c(Cl)c1. The summed E-state index contributed by atoms with van der Waals surface area (Å²) in [6, 6.07) is 6.61. The van der Waals surface area contributed by atoms with Gasteiger partial charge < -0.3 is 14.4 Å². The molecule has 1 aliphatic carbocycles. The van der Waals surface area contributed by atoms with Crippen molar-refractivity contribution in [1.29, 1.82) is 0 Å². The zero-order chi connectivity index (χ0) is 22.9. The first kappa shape index (κ1) is 21.9. The summed E-state index contributed by atoms with van der Waals surface area (Å²) in [7, 11) is 1.61. The van der Waals surface area contributed by atoms with Gasteiger partial charge in [-0.15, -0.1) is 5.10 Å². The number of hydrogen-bond acceptors (Lipinski definition) is 7. The average Bonchev–Trinajstić information content (AvgIpc) is 3.31. The van der Waals surface area contributed by atoms with Gasteiger partial charge in [0.2, 0.25) is 5.88 Å². The molecule has 3 atom stereocenters. The highest BCUT2D eigenvalue weighted by Crippen LogP contribution is 2.44. The van der Waals surface area contributed by atoms with Crippen molar-refractivity contribution in [3.63, 3.8) is 0 Å². The number of aromatic nitrogens is 5. The van der Waals surface area contributed by atoms with Gasteiger partial charge in [-0.3, -0.25) is 0 Å². The number of halogens is 2. The van der Waals surface area contributed by atoms with Crippen molar-refractivity contribution in [2.75, 3.05) is 25.1 Å². The van der Waals surface area contributed by atoms with Gasteiger partial charge in [0.15, 0.2) is 5.82 Å². The second-order valence-electron chi connectivity index (χ2n) is 8.63. The van der Waals surface area contributed by atoms with Gasteiger partial charge in [-0.05, 0) is 49.7 Å². The van der Waals surface area contributed by atoms with E-state index in [1.807, 2.05) is 13.0 Å². The Balaban J connectivity index is 1.29. The molecule has 1 aliphatic heterocycles. The highest BCUT2D eigenvalue weighted by atomic mass is 35.5. The Kier molecular flexibility index (Phi) is 6.05. The van der Waals surface area contributed by atoms with Crippen LogP contribution < -0.4 is 14.4 Å². The molecule has 3 aromatic rings. The molecule has 0 amide bonds. The Morgan fingerprint density at radius 2 is 1.97 bits per heavy atom. The quantitative estimate of drug-likeness (QED) is 0.504. The van der Waals surface area contributed by atoms with Crippen LogP contribution in [-0.2, 0) is 13.0 Å². The van der Waals surface area contributed by atoms with Crippen molar-refractivity contribution in [3.05, 3.63) is 47.1 Å². The van der Waals surface area contributed by atoms with E-state index in [4.69, 9.17) is 21.1 Å². The number of aryl methyl sites for hydroxylation is 1. The van der Waals surface area contributed by atoms with Crippen molar-refractivity contribution in [2.24, 2.45) is 17.8 Å². The highest BCUT2D eigenvalue weighted by Gasteiger charge is 2.42. The lowest BCUT2D eigenvalue weighted by atomic mass is 9.82. The van der Waals surface area contributed by atoms with E-state index >= 15 is 0 Å². The lowest BCUT2D eigenvalue weighted by Gasteiger charge is -2.38. The molecular weight excluding hydrogens is 447 g/mol. The third-order valence-electron chi connectivity index (χ3n) is 6.72. The molecule has 2 bridgehead atoms. The summed E-state index contributed by atoms with van der Waals surface area (Å²) in [5.41, 5.74) is 1.05. The Labute approximate surface area is 196 Å². The Hall–Kier alpha value is -2.94. The van der Waals surface area contributed by atoms with Crippen LogP contribution in [0.15, 0.2) is 30.5 Å². The van der Waals surface area contributed by atoms with Crippen molar-refractivity contribution < 1.29 is 13.9 Å². The predicted molar refractivity (Wildman–Crippen MR) is 121 cm³/mol. The molecule has 2 fully saturated rings. The van der Waals surface area contributed by atoms with E-state index in [0.29, 0.717) is 41.9 Å². The summed E-state index contributed by atoms with van der Waals surface area (Å²) in [6.07, 6.45) is 5.02. The summed E-state index contributed by atoms with van der Waals surface area (Å²) < 4.78 is 26.3. The van der Waals surface area contributed by atoms with Gasteiger partial charge in [-0.1, -0.05) is 11.6 Å². The number of fused-ring (bicyclic) bond motifs is 2. The maximum absolute atomic E-state index is 13.5. The third-order valence-corrected chi connectivity index (χ3v) is 7.01. The standard InChI is InChI=1S/C23H26ClFN6O2/c1-3-31-23(33-17-6-7-20(25)19(24)9-17)27-21(29-31)10-18-14-4-5-15(18)13-30(12-14)16-8-22(32-2)28-26-11-16/h6-9,11,14-15,18H,3-5,10,12-13H2,1-2H3/t14-,15+,18?. The molecule has 0 spiro atoms. The molecule has 0 radical (unpaired) electrons. The van der Waals surface area contributed by atoms with Crippen molar-refractivity contribution in [2.45, 2.75) is 32.7 Å². The van der Waals surface area contributed by atoms with Crippen LogP contribution in [-0.4, -0.2) is 45.2 Å². The van der Waals surface area contributed by atoms with Gasteiger partial charge in [0.05, 0.1) is 24.0 Å². The average molecular weight is 473 g/mol. The van der Waals surface area contributed by atoms with E-state index in [-0.39, 0.29) is 5.02 Å². The molecule has 3 heterocycles. The molecule has 5 rings (SSSR count). The number of benzene rings is 1. The molecular formula is C23H26ClFN6O2. The number of anilines is 1. The number of methoxy groups -OCH3 is 1. The molecule has 1 unspecified atom stereocenters. The molecule has 2 aliphatic rings. The van der Waals surface area contributed by atoms with Gasteiger partial charge in [0, 0.05) is 38.2 Å². The molecule has 1 saturated heterocycles. The van der Waals surface area contributed by atoms with Crippen LogP contribution in [0, 0.1) is 23.6 Å². The topological polar surface area (TPSA) is 78.2 Å². The minimum atomic E-state index is -0.482. The van der Waals surface area contributed by atoms with Crippen molar-refractivity contribution in [1.82, 2.24) is 25.0 Å². The van der Waals surface area contributed by atoms with E-state index in [9.17, 15) is 4.39 Å². The minimum absolute atomic E-state index is 0.0145. The van der Waals surface area contributed by atoms with E-state index in [2.05, 4.69) is 25.2 Å². The Bertz CT molecular complexity index is 1130. The largest absolute Gasteiger partial charge is 0.480 e. The summed E-state index contributed by atoms with van der Waals surface area (Å²) in [6.45, 7) is 4.56. The van der Waals surface area contributed by atoms with E-state index < -0.39 is 5.82 Å². The lowest BCUT2D eigenvalue weighted by Crippen LogP contribution is -2.42. The number of nitrogens with zero attached hydrogens (tertiary/aromatic N) is 6. The third kappa shape index (κ3) is 4.46. The first-order chi connectivity index (χ1) is 16.0. The molecule has 174 valence electrons. The first-order valence-electron chi connectivity index (χ1n) is 11.2. The summed E-state index contributed by atoms with van der Waals surface area (Å²) >= 11 is 5.88. The summed E-state index contributed by atoms with van der Waals surface area (Å²) in [4.78, 5) is 7.05. The predicted octanol–water partition coefficient (Wildman–Crippen LogP) is 4.39. The molecule has 10 heteroatoms. The lowest BCUT2D eigenvalue weighted by molar-refractivity contribution is 0.265. The maximum Gasteiger partial charge on any atom is 0.320 e. The van der Waals surface area contributed by atoms with Crippen LogP contribution in [0.1, 0.15) is 25.6 Å². The van der Waals surface area contributed by atoms with Crippen LogP contribution >= 0.6 is 11.6 Å². The summed E-state index contributed by atoms with van der Waals surface area (Å²) in [5.74, 6) is 2.93. The fourth-order valence-electron chi connectivity index (χ4n) is 5.09. The fraction of sp³-hybridized carbons (Fsp3) is 0.478. The van der Waals surface area contributed by atoms with Crippen LogP contribution in [0.2, 0.25) is 5.02 Å². The van der Waals surface area contributed by atoms with Crippen LogP contribution in [0.4, 0.5) is 10.1 Å². The smallest absolute Gasteiger partial charge is 0.320 e. The monoisotopic (exact) mass is 472 g/mol. The molecule has 1 aromatic carbocycles. The molecule has 33 heavy (non-hydrogen) atoms. The number of piperidine rings is 1. The van der Waals surface area contributed by atoms with Gasteiger partial charge in [-0.25, -0.2) is 9.07 Å². The second-order valence-corrected chi connectivity index (χ2v) is 9.04. The highest BCUT2D eigenvalue weighted by molar-refractivity contribution is 6.30. The van der Waals surface area contributed by atoms with E-state index in [0.717, 1.165) is 31.0 Å². The second kappa shape index (κ2) is 9.13. The zero-order valence-electron chi connectivity index (χ0n) is 18.6. The minimum Gasteiger partial charge on any atom is -0.480 e. The number of ether oxygens (including phenoxy) is 2. The van der Waals surface area contributed by atoms with Gasteiger partial charge >= 0.3 is 6.01 Å². The van der Waals surface area contributed by atoms with E-state index in [1.54, 1.807) is 18.0 Å². The van der Waals surface area contributed by atoms with Gasteiger partial charge in [0.25, 0.3) is 0 Å².